The predicted molar refractivity (Wildman–Crippen MR) is 124 cm³/mol. The van der Waals surface area contributed by atoms with Gasteiger partial charge in [0.15, 0.2) is 5.65 Å². The van der Waals surface area contributed by atoms with E-state index < -0.39 is 0 Å². The van der Waals surface area contributed by atoms with Crippen LogP contribution in [0.2, 0.25) is 0 Å². The van der Waals surface area contributed by atoms with Gasteiger partial charge in [-0.15, -0.1) is 0 Å². The van der Waals surface area contributed by atoms with E-state index in [4.69, 9.17) is 4.98 Å². The number of nitrogens with one attached hydrogen (secondary N) is 1. The molecule has 1 saturated heterocycles. The topological polar surface area (TPSA) is 79.6 Å². The lowest BCUT2D eigenvalue weighted by Gasteiger charge is -2.15. The summed E-state index contributed by atoms with van der Waals surface area (Å²) in [7, 11) is 0. The maximum atomic E-state index is 13.4. The summed E-state index contributed by atoms with van der Waals surface area (Å²) < 4.78 is 15.2. The van der Waals surface area contributed by atoms with Crippen LogP contribution in [0.3, 0.4) is 0 Å². The zero-order chi connectivity index (χ0) is 23.5. The summed E-state index contributed by atoms with van der Waals surface area (Å²) in [5.41, 5.74) is 6.15. The van der Waals surface area contributed by atoms with Gasteiger partial charge in [0.25, 0.3) is 0 Å². The molecule has 2 amide bonds. The number of aromatic nitrogens is 3. The second-order valence-corrected chi connectivity index (χ2v) is 8.65. The molecule has 1 N–H and O–H groups in total. The van der Waals surface area contributed by atoms with Gasteiger partial charge in [0.2, 0.25) is 11.8 Å². The van der Waals surface area contributed by atoms with E-state index in [9.17, 15) is 14.0 Å². The Morgan fingerprint density at radius 1 is 1.15 bits per heavy atom. The van der Waals surface area contributed by atoms with Gasteiger partial charge in [-0.05, 0) is 63.3 Å². The lowest BCUT2D eigenvalue weighted by Crippen LogP contribution is -2.30. The molecule has 174 valence electrons. The van der Waals surface area contributed by atoms with E-state index in [-0.39, 0.29) is 17.6 Å². The first-order chi connectivity index (χ1) is 15.8. The summed E-state index contributed by atoms with van der Waals surface area (Å²) in [6, 6.07) is 6.36. The van der Waals surface area contributed by atoms with Crippen LogP contribution in [-0.2, 0) is 16.0 Å². The van der Waals surface area contributed by atoms with E-state index >= 15 is 0 Å². The quantitative estimate of drug-likeness (QED) is 0.532. The number of amides is 2. The van der Waals surface area contributed by atoms with Crippen molar-refractivity contribution in [1.82, 2.24) is 24.8 Å². The molecule has 1 aliphatic heterocycles. The standard InChI is InChI=1S/C25H30FN5O2/c1-16-21(11-12-22(32)27-13-5-15-30-14-4-6-23(30)33)18(3)31-25(28-16)24(17(2)29-31)19-7-9-20(26)10-8-19/h7-10H,4-6,11-15H2,1-3H3,(H,27,32). The van der Waals surface area contributed by atoms with E-state index in [1.165, 1.54) is 12.1 Å². The molecule has 3 aromatic rings. The first-order valence-corrected chi connectivity index (χ1v) is 11.5. The number of hydrogen-bond donors (Lipinski definition) is 1. The molecule has 0 saturated carbocycles. The third kappa shape index (κ3) is 4.89. The molecule has 1 fully saturated rings. The Morgan fingerprint density at radius 2 is 1.91 bits per heavy atom. The fourth-order valence-electron chi connectivity index (χ4n) is 4.55. The molecule has 4 rings (SSSR count). The molecule has 0 unspecified atom stereocenters. The molecule has 7 nitrogen and oxygen atoms in total. The molecule has 0 bridgehead atoms. The number of aryl methyl sites for hydroxylation is 3. The van der Waals surface area contributed by atoms with Crippen molar-refractivity contribution in [3.05, 3.63) is 52.7 Å². The number of rotatable bonds is 8. The summed E-state index contributed by atoms with van der Waals surface area (Å²) in [5, 5.41) is 7.63. The monoisotopic (exact) mass is 451 g/mol. The molecule has 0 spiro atoms. The van der Waals surface area contributed by atoms with Crippen LogP contribution in [0.15, 0.2) is 24.3 Å². The van der Waals surface area contributed by atoms with Gasteiger partial charge in [-0.25, -0.2) is 13.9 Å². The Kier molecular flexibility index (Phi) is 6.72. The Hall–Kier alpha value is -3.29. The minimum atomic E-state index is -0.279. The molecular weight excluding hydrogens is 421 g/mol. The summed E-state index contributed by atoms with van der Waals surface area (Å²) in [6.07, 6.45) is 3.28. The molecule has 3 heterocycles. The highest BCUT2D eigenvalue weighted by molar-refractivity contribution is 5.80. The van der Waals surface area contributed by atoms with Crippen LogP contribution in [0.5, 0.6) is 0 Å². The fourth-order valence-corrected chi connectivity index (χ4v) is 4.55. The van der Waals surface area contributed by atoms with Crippen molar-refractivity contribution in [1.29, 1.82) is 0 Å². The smallest absolute Gasteiger partial charge is 0.222 e. The third-order valence-corrected chi connectivity index (χ3v) is 6.33. The number of fused-ring (bicyclic) bond motifs is 1. The number of hydrogen-bond acceptors (Lipinski definition) is 4. The van der Waals surface area contributed by atoms with Gasteiger partial charge in [0.05, 0.1) is 5.69 Å². The van der Waals surface area contributed by atoms with Crippen molar-refractivity contribution in [2.45, 2.75) is 52.9 Å². The SMILES string of the molecule is Cc1nc2c(-c3ccc(F)cc3)c(C)nn2c(C)c1CCC(=O)NCCCN1CCCC1=O. The van der Waals surface area contributed by atoms with E-state index in [0.29, 0.717) is 32.4 Å². The molecule has 0 atom stereocenters. The lowest BCUT2D eigenvalue weighted by molar-refractivity contribution is -0.127. The Bertz CT molecular complexity index is 1190. The summed E-state index contributed by atoms with van der Waals surface area (Å²) in [5.74, 6) is -0.0739. The highest BCUT2D eigenvalue weighted by Crippen LogP contribution is 2.29. The van der Waals surface area contributed by atoms with Crippen LogP contribution in [-0.4, -0.2) is 50.9 Å². The van der Waals surface area contributed by atoms with Gasteiger partial charge in [0.1, 0.15) is 5.82 Å². The average molecular weight is 452 g/mol. The molecule has 0 radical (unpaired) electrons. The van der Waals surface area contributed by atoms with Gasteiger partial charge in [-0.3, -0.25) is 9.59 Å². The Morgan fingerprint density at radius 3 is 2.61 bits per heavy atom. The van der Waals surface area contributed by atoms with Crippen LogP contribution in [0.4, 0.5) is 4.39 Å². The van der Waals surface area contributed by atoms with E-state index in [0.717, 1.165) is 58.8 Å². The Labute approximate surface area is 193 Å². The predicted octanol–water partition coefficient (Wildman–Crippen LogP) is 3.52. The zero-order valence-electron chi connectivity index (χ0n) is 19.4. The van der Waals surface area contributed by atoms with Gasteiger partial charge < -0.3 is 10.2 Å². The van der Waals surface area contributed by atoms with Crippen LogP contribution in [0.1, 0.15) is 48.3 Å². The van der Waals surface area contributed by atoms with Crippen LogP contribution in [0, 0.1) is 26.6 Å². The molecule has 0 aliphatic carbocycles. The maximum absolute atomic E-state index is 13.4. The van der Waals surface area contributed by atoms with Crippen molar-refractivity contribution < 1.29 is 14.0 Å². The van der Waals surface area contributed by atoms with Gasteiger partial charge in [-0.2, -0.15) is 5.10 Å². The number of benzene rings is 1. The van der Waals surface area contributed by atoms with Gasteiger partial charge in [0, 0.05) is 49.4 Å². The average Bonchev–Trinajstić information content (AvgIpc) is 3.34. The maximum Gasteiger partial charge on any atom is 0.222 e. The van der Waals surface area contributed by atoms with Crippen molar-refractivity contribution >= 4 is 17.5 Å². The minimum absolute atomic E-state index is 0.00899. The number of likely N-dealkylation sites (tertiary alicyclic amines) is 1. The third-order valence-electron chi connectivity index (χ3n) is 6.33. The number of carbonyl (C=O) groups is 2. The van der Waals surface area contributed by atoms with Crippen molar-refractivity contribution in [3.63, 3.8) is 0 Å². The molecule has 1 aliphatic rings. The van der Waals surface area contributed by atoms with Crippen molar-refractivity contribution in [2.75, 3.05) is 19.6 Å². The molecule has 1 aromatic carbocycles. The molecule has 33 heavy (non-hydrogen) atoms. The Balaban J connectivity index is 1.41. The number of carbonyl (C=O) groups excluding carboxylic acids is 2. The molecule has 8 heteroatoms. The first kappa shape index (κ1) is 22.9. The van der Waals surface area contributed by atoms with Crippen molar-refractivity contribution in [2.24, 2.45) is 0 Å². The highest BCUT2D eigenvalue weighted by Gasteiger charge is 2.20. The van der Waals surface area contributed by atoms with Crippen molar-refractivity contribution in [3.8, 4) is 11.1 Å². The van der Waals surface area contributed by atoms with Crippen LogP contribution < -0.4 is 5.32 Å². The summed E-state index contributed by atoms with van der Waals surface area (Å²) >= 11 is 0. The molecular formula is C25H30FN5O2. The zero-order valence-corrected chi connectivity index (χ0v) is 19.4. The largest absolute Gasteiger partial charge is 0.356 e. The highest BCUT2D eigenvalue weighted by atomic mass is 19.1. The van der Waals surface area contributed by atoms with E-state index in [2.05, 4.69) is 10.4 Å². The first-order valence-electron chi connectivity index (χ1n) is 11.5. The second kappa shape index (κ2) is 9.68. The van der Waals surface area contributed by atoms with Crippen LogP contribution >= 0.6 is 0 Å². The van der Waals surface area contributed by atoms with Crippen LogP contribution in [0.25, 0.3) is 16.8 Å². The number of nitrogens with zero attached hydrogens (tertiary/aromatic N) is 4. The summed E-state index contributed by atoms with van der Waals surface area (Å²) in [6.45, 7) is 7.96. The minimum Gasteiger partial charge on any atom is -0.356 e. The fraction of sp³-hybridized carbons (Fsp3) is 0.440. The normalized spacial score (nSPS) is 13.8. The van der Waals surface area contributed by atoms with Gasteiger partial charge in [-0.1, -0.05) is 12.1 Å². The van der Waals surface area contributed by atoms with E-state index in [1.807, 2.05) is 30.2 Å². The van der Waals surface area contributed by atoms with E-state index in [1.54, 1.807) is 12.1 Å². The second-order valence-electron chi connectivity index (χ2n) is 8.65. The van der Waals surface area contributed by atoms with Gasteiger partial charge >= 0.3 is 0 Å². The summed E-state index contributed by atoms with van der Waals surface area (Å²) in [4.78, 5) is 30.7. The number of halogens is 1. The lowest BCUT2D eigenvalue weighted by atomic mass is 10.0. The molecule has 2 aromatic heterocycles.